The van der Waals surface area contributed by atoms with Crippen molar-refractivity contribution in [3.05, 3.63) is 0 Å². The van der Waals surface area contributed by atoms with Gasteiger partial charge in [0.25, 0.3) is 0 Å². The van der Waals surface area contributed by atoms with Crippen molar-refractivity contribution in [1.82, 2.24) is 0 Å². The van der Waals surface area contributed by atoms with Crippen LogP contribution in [0.1, 0.15) is 39.0 Å². The van der Waals surface area contributed by atoms with Gasteiger partial charge in [-0.1, -0.05) is 6.92 Å². The van der Waals surface area contributed by atoms with E-state index in [1.54, 1.807) is 0 Å². The lowest BCUT2D eigenvalue weighted by Crippen LogP contribution is -2.14. The molecule has 0 aromatic rings. The van der Waals surface area contributed by atoms with Gasteiger partial charge in [-0.3, -0.25) is 4.79 Å². The first kappa shape index (κ1) is 6.38. The third-order valence-electron chi connectivity index (χ3n) is 3.14. The molecule has 2 saturated carbocycles. The molecular weight excluding hydrogens is 124 g/mol. The molecule has 0 aliphatic heterocycles. The first-order valence-electron chi connectivity index (χ1n) is 4.22. The zero-order chi connectivity index (χ0) is 7.19. The molecule has 0 aromatic heterocycles. The van der Waals surface area contributed by atoms with Crippen LogP contribution in [0, 0.1) is 11.3 Å². The molecule has 0 bridgehead atoms. The maximum Gasteiger partial charge on any atom is 0.133 e. The zero-order valence-electron chi connectivity index (χ0n) is 6.52. The Balaban J connectivity index is 2.08. The maximum absolute atomic E-state index is 11.0. The number of carbonyl (C=O) groups is 1. The quantitative estimate of drug-likeness (QED) is 0.542. The second-order valence-electron chi connectivity index (χ2n) is 4.14. The highest BCUT2D eigenvalue weighted by atomic mass is 16.1. The standard InChI is InChI=1S/C9H14O/c1-9(7-2-3-7)5-4-8(10)6-9/h7H,2-6H2,1H3. The van der Waals surface area contributed by atoms with E-state index in [2.05, 4.69) is 6.92 Å². The minimum Gasteiger partial charge on any atom is -0.300 e. The smallest absolute Gasteiger partial charge is 0.133 e. The predicted octanol–water partition coefficient (Wildman–Crippen LogP) is 2.16. The molecule has 0 radical (unpaired) electrons. The Hall–Kier alpha value is -0.330. The molecule has 0 heterocycles. The van der Waals surface area contributed by atoms with Crippen molar-refractivity contribution < 1.29 is 4.79 Å². The Bertz CT molecular complexity index is 170. The molecule has 2 aliphatic rings. The van der Waals surface area contributed by atoms with Gasteiger partial charge in [0.05, 0.1) is 0 Å². The van der Waals surface area contributed by atoms with Gasteiger partial charge in [0.2, 0.25) is 0 Å². The lowest BCUT2D eigenvalue weighted by Gasteiger charge is -2.20. The topological polar surface area (TPSA) is 17.1 Å². The summed E-state index contributed by atoms with van der Waals surface area (Å²) in [6.07, 6.45) is 5.65. The van der Waals surface area contributed by atoms with Crippen molar-refractivity contribution in [2.45, 2.75) is 39.0 Å². The van der Waals surface area contributed by atoms with Gasteiger partial charge in [0.15, 0.2) is 0 Å². The Morgan fingerprint density at radius 2 is 2.20 bits per heavy atom. The molecule has 2 aliphatic carbocycles. The summed E-state index contributed by atoms with van der Waals surface area (Å²) in [5.41, 5.74) is 0.428. The molecule has 2 rings (SSSR count). The second kappa shape index (κ2) is 1.84. The fraction of sp³-hybridized carbons (Fsp3) is 0.889. The van der Waals surface area contributed by atoms with Gasteiger partial charge in [-0.2, -0.15) is 0 Å². The van der Waals surface area contributed by atoms with Crippen LogP contribution in [0.15, 0.2) is 0 Å². The maximum atomic E-state index is 11.0. The number of Topliss-reactive ketones (excluding diaryl/α,β-unsaturated/α-hetero) is 1. The average molecular weight is 138 g/mol. The van der Waals surface area contributed by atoms with E-state index in [1.807, 2.05) is 0 Å². The minimum absolute atomic E-state index is 0.428. The molecule has 1 unspecified atom stereocenters. The van der Waals surface area contributed by atoms with E-state index in [0.29, 0.717) is 11.2 Å². The SMILES string of the molecule is CC1(C2CC2)CCC(=O)C1. The summed E-state index contributed by atoms with van der Waals surface area (Å²) in [5, 5.41) is 0. The molecule has 0 aromatic carbocycles. The van der Waals surface area contributed by atoms with Crippen LogP contribution in [-0.4, -0.2) is 5.78 Å². The fourth-order valence-electron chi connectivity index (χ4n) is 2.18. The van der Waals surface area contributed by atoms with Crippen molar-refractivity contribution in [3.8, 4) is 0 Å². The van der Waals surface area contributed by atoms with Gasteiger partial charge in [0, 0.05) is 12.8 Å². The Morgan fingerprint density at radius 3 is 2.60 bits per heavy atom. The zero-order valence-corrected chi connectivity index (χ0v) is 6.52. The van der Waals surface area contributed by atoms with Crippen LogP contribution in [0.5, 0.6) is 0 Å². The van der Waals surface area contributed by atoms with Crippen molar-refractivity contribution in [2.75, 3.05) is 0 Å². The van der Waals surface area contributed by atoms with Crippen LogP contribution in [-0.2, 0) is 4.79 Å². The largest absolute Gasteiger partial charge is 0.300 e. The van der Waals surface area contributed by atoms with Crippen molar-refractivity contribution in [1.29, 1.82) is 0 Å². The summed E-state index contributed by atoms with van der Waals surface area (Å²) in [7, 11) is 0. The molecule has 1 nitrogen and oxygen atoms in total. The monoisotopic (exact) mass is 138 g/mol. The van der Waals surface area contributed by atoms with E-state index < -0.39 is 0 Å². The van der Waals surface area contributed by atoms with Gasteiger partial charge in [-0.25, -0.2) is 0 Å². The van der Waals surface area contributed by atoms with Crippen molar-refractivity contribution in [2.24, 2.45) is 11.3 Å². The minimum atomic E-state index is 0.428. The highest BCUT2D eigenvalue weighted by molar-refractivity contribution is 5.81. The van der Waals surface area contributed by atoms with Crippen molar-refractivity contribution in [3.63, 3.8) is 0 Å². The molecular formula is C9H14O. The lowest BCUT2D eigenvalue weighted by atomic mass is 9.83. The molecule has 2 fully saturated rings. The van der Waals surface area contributed by atoms with E-state index in [9.17, 15) is 4.79 Å². The van der Waals surface area contributed by atoms with E-state index in [0.717, 1.165) is 25.2 Å². The van der Waals surface area contributed by atoms with Gasteiger partial charge in [0.1, 0.15) is 5.78 Å². The predicted molar refractivity (Wildman–Crippen MR) is 39.7 cm³/mol. The highest BCUT2D eigenvalue weighted by Gasteiger charge is 2.45. The average Bonchev–Trinajstić information content (AvgIpc) is 2.62. The van der Waals surface area contributed by atoms with Crippen LogP contribution in [0.4, 0.5) is 0 Å². The summed E-state index contributed by atoms with van der Waals surface area (Å²) in [6, 6.07) is 0. The Kier molecular flexibility index (Phi) is 1.17. The fourth-order valence-corrected chi connectivity index (χ4v) is 2.18. The third kappa shape index (κ3) is 0.882. The Morgan fingerprint density at radius 1 is 1.50 bits per heavy atom. The van der Waals surface area contributed by atoms with Gasteiger partial charge in [-0.05, 0) is 30.6 Å². The van der Waals surface area contributed by atoms with E-state index in [1.165, 1.54) is 12.8 Å². The molecule has 1 atom stereocenters. The van der Waals surface area contributed by atoms with Crippen LogP contribution in [0.2, 0.25) is 0 Å². The van der Waals surface area contributed by atoms with Gasteiger partial charge in [-0.15, -0.1) is 0 Å². The van der Waals surface area contributed by atoms with Crippen molar-refractivity contribution >= 4 is 5.78 Å². The molecule has 0 amide bonds. The summed E-state index contributed by atoms with van der Waals surface area (Å²) < 4.78 is 0. The number of ketones is 1. The first-order chi connectivity index (χ1) is 4.71. The van der Waals surface area contributed by atoms with Crippen LogP contribution >= 0.6 is 0 Å². The summed E-state index contributed by atoms with van der Waals surface area (Å²) in [4.78, 5) is 11.0. The van der Waals surface area contributed by atoms with Gasteiger partial charge < -0.3 is 0 Å². The van der Waals surface area contributed by atoms with Gasteiger partial charge >= 0.3 is 0 Å². The highest BCUT2D eigenvalue weighted by Crippen LogP contribution is 2.53. The summed E-state index contributed by atoms with van der Waals surface area (Å²) in [6.45, 7) is 2.29. The van der Waals surface area contributed by atoms with Crippen LogP contribution < -0.4 is 0 Å². The molecule has 0 N–H and O–H groups in total. The van der Waals surface area contributed by atoms with E-state index in [4.69, 9.17) is 0 Å². The number of hydrogen-bond acceptors (Lipinski definition) is 1. The van der Waals surface area contributed by atoms with Crippen LogP contribution in [0.25, 0.3) is 0 Å². The number of hydrogen-bond donors (Lipinski definition) is 0. The summed E-state index contributed by atoms with van der Waals surface area (Å²) in [5.74, 6) is 1.40. The molecule has 10 heavy (non-hydrogen) atoms. The second-order valence-corrected chi connectivity index (χ2v) is 4.14. The number of rotatable bonds is 1. The normalized spacial score (nSPS) is 40.7. The van der Waals surface area contributed by atoms with E-state index in [-0.39, 0.29) is 0 Å². The lowest BCUT2D eigenvalue weighted by molar-refractivity contribution is -0.118. The molecule has 1 heteroatoms. The Labute approximate surface area is 61.8 Å². The summed E-state index contributed by atoms with van der Waals surface area (Å²) >= 11 is 0. The van der Waals surface area contributed by atoms with E-state index >= 15 is 0 Å². The number of carbonyl (C=O) groups excluding carboxylic acids is 1. The molecule has 0 spiro atoms. The van der Waals surface area contributed by atoms with Crippen LogP contribution in [0.3, 0.4) is 0 Å². The third-order valence-corrected chi connectivity index (χ3v) is 3.14. The molecule has 56 valence electrons. The first-order valence-corrected chi connectivity index (χ1v) is 4.22. The molecule has 0 saturated heterocycles.